The van der Waals surface area contributed by atoms with Crippen LogP contribution in [0, 0.1) is 0 Å². The average molecular weight is 352 g/mol. The van der Waals surface area contributed by atoms with Gasteiger partial charge in [0.05, 0.1) is 35.2 Å². The zero-order valence-electron chi connectivity index (χ0n) is 12.3. The molecule has 1 fully saturated rings. The Kier molecular flexibility index (Phi) is 3.78. The van der Waals surface area contributed by atoms with Crippen molar-refractivity contribution in [2.75, 3.05) is 6.61 Å². The quantitative estimate of drug-likeness (QED) is 0.643. The fraction of sp³-hybridized carbons (Fsp3) is 0.333. The van der Waals surface area contributed by atoms with Crippen LogP contribution < -0.4 is 0 Å². The van der Waals surface area contributed by atoms with Crippen LogP contribution in [0.25, 0.3) is 22.3 Å². The van der Waals surface area contributed by atoms with Crippen molar-refractivity contribution in [3.05, 3.63) is 36.1 Å². The van der Waals surface area contributed by atoms with Crippen molar-refractivity contribution < 1.29 is 24.5 Å². The zero-order valence-corrected chi connectivity index (χ0v) is 13.0. The molecule has 3 N–H and O–H groups in total. The van der Waals surface area contributed by atoms with Gasteiger partial charge in [0.2, 0.25) is 0 Å². The molecule has 3 aromatic rings. The van der Waals surface area contributed by atoms with E-state index in [0.29, 0.717) is 21.7 Å². The van der Waals surface area contributed by atoms with E-state index in [9.17, 15) is 15.3 Å². The van der Waals surface area contributed by atoms with Crippen LogP contribution in [0.3, 0.4) is 0 Å². The second kappa shape index (κ2) is 5.83. The van der Waals surface area contributed by atoms with Gasteiger partial charge in [0.25, 0.3) is 0 Å². The number of fused-ring (bicyclic) bond motifs is 1. The molecular formula is C15H14ClN3O5. The van der Waals surface area contributed by atoms with Gasteiger partial charge < -0.3 is 29.0 Å². The Hall–Kier alpha value is -1.97. The molecule has 1 aliphatic heterocycles. The third-order valence-corrected chi connectivity index (χ3v) is 4.44. The highest BCUT2D eigenvalue weighted by Gasteiger charge is 2.44. The Morgan fingerprint density at radius 3 is 2.75 bits per heavy atom. The van der Waals surface area contributed by atoms with Crippen molar-refractivity contribution >= 4 is 22.6 Å². The lowest BCUT2D eigenvalue weighted by Gasteiger charge is -2.17. The topological polar surface area (TPSA) is 114 Å². The molecule has 8 nitrogen and oxygen atoms in total. The summed E-state index contributed by atoms with van der Waals surface area (Å²) >= 11 is 6.35. The lowest BCUT2D eigenvalue weighted by molar-refractivity contribution is -0.0508. The third-order valence-electron chi connectivity index (χ3n) is 4.15. The van der Waals surface area contributed by atoms with Crippen LogP contribution in [0.2, 0.25) is 5.02 Å². The second-order valence-electron chi connectivity index (χ2n) is 5.55. The van der Waals surface area contributed by atoms with Gasteiger partial charge in [-0.1, -0.05) is 11.6 Å². The van der Waals surface area contributed by atoms with Crippen LogP contribution in [0.15, 0.2) is 35.5 Å². The fourth-order valence-corrected chi connectivity index (χ4v) is 3.24. The smallest absolute Gasteiger partial charge is 0.164 e. The summed E-state index contributed by atoms with van der Waals surface area (Å²) in [5.41, 5.74) is 1.77. The standard InChI is InChI=1S/C15H14ClN3O5/c16-8-3-19(15-13(22)12(21)9(4-20)24-15)14-10(8)11(17-6-18-14)7-1-2-23-5-7/h1-3,5-6,9,12-13,15,20-22H,4H2/t9-,12-,13?,15-/m1/s1. The molecular weight excluding hydrogens is 338 g/mol. The van der Waals surface area contributed by atoms with E-state index in [1.165, 1.54) is 17.2 Å². The molecule has 0 bridgehead atoms. The van der Waals surface area contributed by atoms with Gasteiger partial charge in [-0.15, -0.1) is 0 Å². The summed E-state index contributed by atoms with van der Waals surface area (Å²) in [7, 11) is 0. The molecule has 0 amide bonds. The summed E-state index contributed by atoms with van der Waals surface area (Å²) in [6, 6.07) is 1.75. The van der Waals surface area contributed by atoms with Crippen LogP contribution >= 0.6 is 11.6 Å². The molecule has 126 valence electrons. The van der Waals surface area contributed by atoms with E-state index in [-0.39, 0.29) is 0 Å². The first kappa shape index (κ1) is 15.6. The number of aromatic nitrogens is 3. The largest absolute Gasteiger partial charge is 0.472 e. The summed E-state index contributed by atoms with van der Waals surface area (Å²) in [4.78, 5) is 8.48. The summed E-state index contributed by atoms with van der Waals surface area (Å²) in [6.45, 7) is -0.406. The van der Waals surface area contributed by atoms with Crippen LogP contribution in [-0.4, -0.2) is 54.8 Å². The highest BCUT2D eigenvalue weighted by molar-refractivity contribution is 6.36. The molecule has 4 rings (SSSR count). The maximum absolute atomic E-state index is 10.2. The number of hydrogen-bond acceptors (Lipinski definition) is 7. The van der Waals surface area contributed by atoms with E-state index in [0.717, 1.165) is 5.56 Å². The number of hydrogen-bond donors (Lipinski definition) is 3. The van der Waals surface area contributed by atoms with E-state index in [1.54, 1.807) is 18.5 Å². The first-order valence-electron chi connectivity index (χ1n) is 7.28. The van der Waals surface area contributed by atoms with Gasteiger partial charge in [-0.25, -0.2) is 9.97 Å². The number of aliphatic hydroxyl groups excluding tert-OH is 3. The molecule has 0 radical (unpaired) electrons. The fourth-order valence-electron chi connectivity index (χ4n) is 2.96. The molecule has 4 atom stereocenters. The van der Waals surface area contributed by atoms with Gasteiger partial charge in [0.1, 0.15) is 30.3 Å². The van der Waals surface area contributed by atoms with Crippen molar-refractivity contribution in [2.24, 2.45) is 0 Å². The van der Waals surface area contributed by atoms with Crippen molar-refractivity contribution in [1.29, 1.82) is 0 Å². The molecule has 0 saturated carbocycles. The third kappa shape index (κ3) is 2.23. The molecule has 0 aromatic carbocycles. The Morgan fingerprint density at radius 1 is 1.25 bits per heavy atom. The van der Waals surface area contributed by atoms with Crippen LogP contribution in [0.1, 0.15) is 6.23 Å². The van der Waals surface area contributed by atoms with E-state index in [4.69, 9.17) is 20.8 Å². The predicted molar refractivity (Wildman–Crippen MR) is 83.2 cm³/mol. The van der Waals surface area contributed by atoms with E-state index >= 15 is 0 Å². The number of furan rings is 1. The SMILES string of the molecule is OC[C@H]1O[C@@H](n2cc(Cl)c3c(-c4ccoc4)ncnc32)C(O)[C@@H]1O. The molecule has 0 spiro atoms. The number of rotatable bonds is 3. The van der Waals surface area contributed by atoms with Gasteiger partial charge in [0, 0.05) is 11.8 Å². The number of aliphatic hydroxyl groups is 3. The van der Waals surface area contributed by atoms with Crippen LogP contribution in [0.5, 0.6) is 0 Å². The number of ether oxygens (including phenoxy) is 1. The van der Waals surface area contributed by atoms with Crippen molar-refractivity contribution in [3.8, 4) is 11.3 Å². The van der Waals surface area contributed by atoms with Gasteiger partial charge in [-0.2, -0.15) is 0 Å². The maximum Gasteiger partial charge on any atom is 0.164 e. The Morgan fingerprint density at radius 2 is 2.08 bits per heavy atom. The molecule has 9 heteroatoms. The molecule has 0 aliphatic carbocycles. The minimum Gasteiger partial charge on any atom is -0.472 e. The van der Waals surface area contributed by atoms with E-state index in [2.05, 4.69) is 9.97 Å². The van der Waals surface area contributed by atoms with Crippen LogP contribution in [-0.2, 0) is 4.74 Å². The zero-order chi connectivity index (χ0) is 16.8. The van der Waals surface area contributed by atoms with Gasteiger partial charge >= 0.3 is 0 Å². The van der Waals surface area contributed by atoms with Crippen molar-refractivity contribution in [3.63, 3.8) is 0 Å². The second-order valence-corrected chi connectivity index (χ2v) is 5.95. The molecule has 1 saturated heterocycles. The summed E-state index contributed by atoms with van der Waals surface area (Å²) in [5.74, 6) is 0. The van der Waals surface area contributed by atoms with Gasteiger partial charge in [-0.05, 0) is 6.07 Å². The predicted octanol–water partition coefficient (Wildman–Crippen LogP) is 0.956. The summed E-state index contributed by atoms with van der Waals surface area (Å²) < 4.78 is 12.2. The van der Waals surface area contributed by atoms with E-state index < -0.39 is 31.1 Å². The first-order chi connectivity index (χ1) is 11.6. The average Bonchev–Trinajstić information content (AvgIpc) is 3.29. The van der Waals surface area contributed by atoms with Crippen LogP contribution in [0.4, 0.5) is 0 Å². The lowest BCUT2D eigenvalue weighted by atomic mass is 10.1. The normalized spacial score (nSPS) is 27.2. The Labute approximate surface area is 140 Å². The summed E-state index contributed by atoms with van der Waals surface area (Å²) in [6.07, 6.45) is 1.79. The van der Waals surface area contributed by atoms with E-state index in [1.807, 2.05) is 0 Å². The highest BCUT2D eigenvalue weighted by atomic mass is 35.5. The summed E-state index contributed by atoms with van der Waals surface area (Å²) in [5, 5.41) is 30.4. The minimum atomic E-state index is -1.22. The molecule has 24 heavy (non-hydrogen) atoms. The first-order valence-corrected chi connectivity index (χ1v) is 7.65. The van der Waals surface area contributed by atoms with Gasteiger partial charge in [0.15, 0.2) is 6.23 Å². The van der Waals surface area contributed by atoms with Gasteiger partial charge in [-0.3, -0.25) is 0 Å². The molecule has 1 aliphatic rings. The Balaban J connectivity index is 1.86. The minimum absolute atomic E-state index is 0.375. The molecule has 1 unspecified atom stereocenters. The highest BCUT2D eigenvalue weighted by Crippen LogP contribution is 2.37. The molecule has 4 heterocycles. The Bertz CT molecular complexity index is 866. The maximum atomic E-state index is 10.2. The lowest BCUT2D eigenvalue weighted by Crippen LogP contribution is -2.33. The van der Waals surface area contributed by atoms with Crippen molar-refractivity contribution in [1.82, 2.24) is 14.5 Å². The monoisotopic (exact) mass is 351 g/mol. The number of nitrogens with zero attached hydrogens (tertiary/aromatic N) is 3. The molecule has 3 aromatic heterocycles. The number of halogens is 1. The van der Waals surface area contributed by atoms with Crippen molar-refractivity contribution in [2.45, 2.75) is 24.5 Å².